The highest BCUT2D eigenvalue weighted by atomic mass is 16.5. The Labute approximate surface area is 127 Å². The first-order chi connectivity index (χ1) is 9.84. The Morgan fingerprint density at radius 3 is 2.57 bits per heavy atom. The van der Waals surface area contributed by atoms with Crippen LogP contribution in [-0.4, -0.2) is 20.8 Å². The summed E-state index contributed by atoms with van der Waals surface area (Å²) in [6, 6.07) is 8.79. The van der Waals surface area contributed by atoms with E-state index in [1.165, 1.54) is 11.3 Å². The third-order valence-electron chi connectivity index (χ3n) is 4.48. The molecule has 1 aliphatic heterocycles. The summed E-state index contributed by atoms with van der Waals surface area (Å²) in [5.74, 6) is 1.19. The van der Waals surface area contributed by atoms with Crippen LogP contribution in [-0.2, 0) is 11.2 Å². The molecule has 0 bridgehead atoms. The first-order valence-corrected chi connectivity index (χ1v) is 8.00. The van der Waals surface area contributed by atoms with Crippen molar-refractivity contribution in [2.45, 2.75) is 71.1 Å². The maximum atomic E-state index is 6.31. The lowest BCUT2D eigenvalue weighted by Crippen LogP contribution is -2.31. The van der Waals surface area contributed by atoms with Gasteiger partial charge in [0, 0.05) is 6.42 Å². The topological polar surface area (TPSA) is 27.1 Å². The molecule has 0 N–H and O–H groups in total. The summed E-state index contributed by atoms with van der Waals surface area (Å²) in [4.78, 5) is 4.87. The van der Waals surface area contributed by atoms with Gasteiger partial charge >= 0.3 is 0 Å². The van der Waals surface area contributed by atoms with Crippen LogP contribution in [0.4, 0.5) is 0 Å². The average molecular weight is 286 g/mol. The van der Waals surface area contributed by atoms with Crippen molar-refractivity contribution in [2.24, 2.45) is 0 Å². The predicted octanol–water partition coefficient (Wildman–Crippen LogP) is 4.51. The third-order valence-corrected chi connectivity index (χ3v) is 4.48. The zero-order valence-electron chi connectivity index (χ0n) is 13.8. The molecule has 1 aromatic carbocycles. The second-order valence-corrected chi connectivity index (χ2v) is 7.32. The maximum Gasteiger partial charge on any atom is 0.110 e. The fourth-order valence-electron chi connectivity index (χ4n) is 3.78. The van der Waals surface area contributed by atoms with E-state index in [-0.39, 0.29) is 11.2 Å². The molecule has 2 heterocycles. The quantitative estimate of drug-likeness (QED) is 0.830. The molecule has 1 fully saturated rings. The molecule has 3 nitrogen and oxygen atoms in total. The second-order valence-electron chi connectivity index (χ2n) is 7.32. The Hall–Kier alpha value is -1.35. The van der Waals surface area contributed by atoms with Gasteiger partial charge in [-0.1, -0.05) is 19.1 Å². The first kappa shape index (κ1) is 14.6. The smallest absolute Gasteiger partial charge is 0.110 e. The molecule has 1 aliphatic rings. The monoisotopic (exact) mass is 286 g/mol. The molecule has 1 saturated heterocycles. The minimum atomic E-state index is -0.171. The van der Waals surface area contributed by atoms with Crippen LogP contribution in [0.5, 0.6) is 0 Å². The summed E-state index contributed by atoms with van der Waals surface area (Å²) in [6.45, 7) is 11.0. The fraction of sp³-hybridized carbons (Fsp3) is 0.611. The van der Waals surface area contributed by atoms with Gasteiger partial charge in [0.15, 0.2) is 0 Å². The molecule has 0 amide bonds. The minimum absolute atomic E-state index is 0.0803. The van der Waals surface area contributed by atoms with E-state index in [4.69, 9.17) is 9.72 Å². The number of benzene rings is 1. The minimum Gasteiger partial charge on any atom is -0.367 e. The van der Waals surface area contributed by atoms with E-state index in [1.807, 2.05) is 0 Å². The van der Waals surface area contributed by atoms with Crippen molar-refractivity contribution in [3.8, 4) is 0 Å². The van der Waals surface area contributed by atoms with E-state index in [1.54, 1.807) is 0 Å². The number of aromatic nitrogens is 2. The highest BCUT2D eigenvalue weighted by Crippen LogP contribution is 2.46. The Kier molecular flexibility index (Phi) is 3.36. The second kappa shape index (κ2) is 4.84. The van der Waals surface area contributed by atoms with E-state index >= 15 is 0 Å². The summed E-state index contributed by atoms with van der Waals surface area (Å²) in [6.07, 6.45) is 3.15. The lowest BCUT2D eigenvalue weighted by Gasteiger charge is -2.29. The highest BCUT2D eigenvalue weighted by Gasteiger charge is 2.47. The molecule has 0 radical (unpaired) electrons. The van der Waals surface area contributed by atoms with Gasteiger partial charge in [0.1, 0.15) is 5.82 Å². The van der Waals surface area contributed by atoms with Gasteiger partial charge in [-0.3, -0.25) is 0 Å². The van der Waals surface area contributed by atoms with Gasteiger partial charge in [-0.25, -0.2) is 4.98 Å². The molecule has 114 valence electrons. The van der Waals surface area contributed by atoms with Gasteiger partial charge in [0.25, 0.3) is 0 Å². The van der Waals surface area contributed by atoms with Crippen molar-refractivity contribution in [3.05, 3.63) is 30.1 Å². The lowest BCUT2D eigenvalue weighted by atomic mass is 9.93. The predicted molar refractivity (Wildman–Crippen MR) is 86.6 cm³/mol. The molecule has 0 aliphatic carbocycles. The normalized spacial score (nSPS) is 23.8. The van der Waals surface area contributed by atoms with Crippen LogP contribution < -0.4 is 0 Å². The van der Waals surface area contributed by atoms with Crippen LogP contribution in [0.1, 0.15) is 59.3 Å². The number of hydrogen-bond acceptors (Lipinski definition) is 2. The number of rotatable bonds is 3. The average Bonchev–Trinajstić information content (AvgIpc) is 2.82. The summed E-state index contributed by atoms with van der Waals surface area (Å²) < 4.78 is 8.74. The number of imidazole rings is 1. The van der Waals surface area contributed by atoms with Gasteiger partial charge in [-0.15, -0.1) is 0 Å². The summed E-state index contributed by atoms with van der Waals surface area (Å²) in [5.41, 5.74) is 2.08. The Morgan fingerprint density at radius 1 is 1.24 bits per heavy atom. The SMILES string of the molecule is CCCc1nc2ccccc2n1C1CC(C)(C)OC1(C)C. The summed E-state index contributed by atoms with van der Waals surface area (Å²) in [7, 11) is 0. The zero-order chi connectivity index (χ0) is 15.3. The zero-order valence-corrected chi connectivity index (χ0v) is 13.8. The highest BCUT2D eigenvalue weighted by molar-refractivity contribution is 5.76. The van der Waals surface area contributed by atoms with Crippen molar-refractivity contribution >= 4 is 11.0 Å². The fourth-order valence-corrected chi connectivity index (χ4v) is 3.78. The van der Waals surface area contributed by atoms with Crippen LogP contribution >= 0.6 is 0 Å². The number of nitrogens with zero attached hydrogens (tertiary/aromatic N) is 2. The van der Waals surface area contributed by atoms with E-state index in [9.17, 15) is 0 Å². The van der Waals surface area contributed by atoms with Crippen molar-refractivity contribution in [3.63, 3.8) is 0 Å². The van der Waals surface area contributed by atoms with Crippen LogP contribution in [0.2, 0.25) is 0 Å². The maximum absolute atomic E-state index is 6.31. The van der Waals surface area contributed by atoms with E-state index in [0.29, 0.717) is 6.04 Å². The number of aryl methyl sites for hydroxylation is 1. The van der Waals surface area contributed by atoms with Crippen molar-refractivity contribution in [1.29, 1.82) is 0 Å². The van der Waals surface area contributed by atoms with Gasteiger partial charge in [0.2, 0.25) is 0 Å². The van der Waals surface area contributed by atoms with Crippen LogP contribution in [0, 0.1) is 0 Å². The number of para-hydroxylation sites is 2. The Balaban J connectivity index is 2.16. The number of fused-ring (bicyclic) bond motifs is 1. The standard InChI is InChI=1S/C18H26N2O/c1-6-9-16-19-13-10-7-8-11-14(13)20(16)15-12-17(2,3)21-18(15,4)5/h7-8,10-11,15H,6,9,12H2,1-5H3. The van der Waals surface area contributed by atoms with Crippen LogP contribution in [0.15, 0.2) is 24.3 Å². The Bertz CT molecular complexity index is 654. The molecule has 21 heavy (non-hydrogen) atoms. The van der Waals surface area contributed by atoms with Gasteiger partial charge in [-0.05, 0) is 52.7 Å². The van der Waals surface area contributed by atoms with E-state index in [2.05, 4.69) is 63.5 Å². The summed E-state index contributed by atoms with van der Waals surface area (Å²) in [5, 5.41) is 0. The van der Waals surface area contributed by atoms with Crippen molar-refractivity contribution in [1.82, 2.24) is 9.55 Å². The van der Waals surface area contributed by atoms with Crippen LogP contribution in [0.25, 0.3) is 11.0 Å². The molecule has 3 rings (SSSR count). The van der Waals surface area contributed by atoms with Gasteiger partial charge < -0.3 is 9.30 Å². The molecular weight excluding hydrogens is 260 g/mol. The molecule has 1 aromatic heterocycles. The molecule has 2 aromatic rings. The molecule has 1 atom stereocenters. The first-order valence-electron chi connectivity index (χ1n) is 8.00. The van der Waals surface area contributed by atoms with Crippen LogP contribution in [0.3, 0.4) is 0 Å². The molecule has 3 heteroatoms. The molecule has 0 spiro atoms. The van der Waals surface area contributed by atoms with Gasteiger partial charge in [-0.2, -0.15) is 0 Å². The molecular formula is C18H26N2O. The molecule has 1 unspecified atom stereocenters. The van der Waals surface area contributed by atoms with Gasteiger partial charge in [0.05, 0.1) is 28.3 Å². The number of hydrogen-bond donors (Lipinski definition) is 0. The van der Waals surface area contributed by atoms with Crippen molar-refractivity contribution < 1.29 is 4.74 Å². The third kappa shape index (κ3) is 2.48. The van der Waals surface area contributed by atoms with Crippen molar-refractivity contribution in [2.75, 3.05) is 0 Å². The number of ether oxygens (including phenoxy) is 1. The largest absolute Gasteiger partial charge is 0.367 e. The van der Waals surface area contributed by atoms with E-state index in [0.717, 1.165) is 24.8 Å². The van der Waals surface area contributed by atoms with E-state index < -0.39 is 0 Å². The Morgan fingerprint density at radius 2 is 1.95 bits per heavy atom. The lowest BCUT2D eigenvalue weighted by molar-refractivity contribution is -0.0728. The summed E-state index contributed by atoms with van der Waals surface area (Å²) >= 11 is 0. The molecule has 0 saturated carbocycles.